The molecule has 2 aromatic heterocycles. The minimum atomic E-state index is -1.11. The van der Waals surface area contributed by atoms with Gasteiger partial charge in [0.05, 0.1) is 18.0 Å². The third-order valence-electron chi connectivity index (χ3n) is 4.78. The van der Waals surface area contributed by atoms with Crippen molar-refractivity contribution in [2.45, 2.75) is 31.0 Å². The standard InChI is InChI=1S/C17H18N4O4S/c1-9(22)12-3-2-11-7-19(4-5-20(11)12)6-10-8-26-16-13(18)15(23)21(16)14(10)17(24)25/h2-5,7,9,13,16,22H,6,8,18H2,1H3/p+1/t9?,13?,16-/m0/s1. The van der Waals surface area contributed by atoms with E-state index in [1.54, 1.807) is 6.92 Å². The van der Waals surface area contributed by atoms with Crippen molar-refractivity contribution in [3.8, 4) is 0 Å². The highest BCUT2D eigenvalue weighted by Crippen LogP contribution is 2.39. The number of β-lactam (4-membered cyclic amide) rings is 1. The van der Waals surface area contributed by atoms with E-state index < -0.39 is 18.1 Å². The lowest BCUT2D eigenvalue weighted by Gasteiger charge is -2.47. The monoisotopic (exact) mass is 375 g/mol. The molecule has 26 heavy (non-hydrogen) atoms. The zero-order valence-corrected chi connectivity index (χ0v) is 14.9. The summed E-state index contributed by atoms with van der Waals surface area (Å²) in [5, 5.41) is 19.1. The number of aliphatic hydroxyl groups excluding tert-OH is 1. The molecule has 136 valence electrons. The van der Waals surface area contributed by atoms with Gasteiger partial charge in [-0.2, -0.15) is 4.57 Å². The van der Waals surface area contributed by atoms with Crippen LogP contribution in [0.25, 0.3) is 5.52 Å². The summed E-state index contributed by atoms with van der Waals surface area (Å²) in [6, 6.07) is 3.13. The molecule has 1 fully saturated rings. The van der Waals surface area contributed by atoms with Crippen LogP contribution < -0.4 is 10.3 Å². The molecule has 0 saturated carbocycles. The van der Waals surface area contributed by atoms with E-state index in [1.807, 2.05) is 39.7 Å². The molecule has 2 aliphatic heterocycles. The van der Waals surface area contributed by atoms with Crippen LogP contribution in [-0.2, 0) is 16.1 Å². The molecular formula is C17H19N4O4S+. The number of nitrogens with two attached hydrogens (primary N) is 1. The van der Waals surface area contributed by atoms with Crippen LogP contribution in [0.15, 0.2) is 42.0 Å². The van der Waals surface area contributed by atoms with Gasteiger partial charge in [-0.05, 0) is 19.1 Å². The van der Waals surface area contributed by atoms with E-state index >= 15 is 0 Å². The average Bonchev–Trinajstić information content (AvgIpc) is 3.03. The lowest BCUT2D eigenvalue weighted by molar-refractivity contribution is -0.688. The van der Waals surface area contributed by atoms with E-state index in [2.05, 4.69) is 0 Å². The van der Waals surface area contributed by atoms with E-state index in [1.165, 1.54) is 16.7 Å². The Morgan fingerprint density at radius 2 is 2.27 bits per heavy atom. The van der Waals surface area contributed by atoms with Crippen molar-refractivity contribution in [2.75, 3.05) is 5.75 Å². The first kappa shape index (κ1) is 17.1. The number of carboxylic acid groups (broad SMARTS) is 1. The number of nitrogens with zero attached hydrogens (tertiary/aromatic N) is 3. The number of carbonyl (C=O) groups is 2. The van der Waals surface area contributed by atoms with Crippen molar-refractivity contribution in [3.05, 3.63) is 47.7 Å². The van der Waals surface area contributed by atoms with Gasteiger partial charge in [0.25, 0.3) is 0 Å². The third kappa shape index (κ3) is 2.51. The second kappa shape index (κ2) is 6.11. The van der Waals surface area contributed by atoms with E-state index in [4.69, 9.17) is 5.73 Å². The molecular weight excluding hydrogens is 356 g/mol. The van der Waals surface area contributed by atoms with E-state index in [0.29, 0.717) is 17.9 Å². The van der Waals surface area contributed by atoms with Gasteiger partial charge in [-0.3, -0.25) is 9.69 Å². The zero-order chi connectivity index (χ0) is 18.6. The normalized spacial score (nSPS) is 23.8. The van der Waals surface area contributed by atoms with Crippen LogP contribution >= 0.6 is 11.8 Å². The van der Waals surface area contributed by atoms with Crippen LogP contribution in [0.3, 0.4) is 0 Å². The van der Waals surface area contributed by atoms with Crippen LogP contribution in [0.2, 0.25) is 0 Å². The first-order valence-electron chi connectivity index (χ1n) is 8.22. The van der Waals surface area contributed by atoms with Crippen LogP contribution in [0.4, 0.5) is 0 Å². The Balaban J connectivity index is 1.68. The molecule has 9 heteroatoms. The minimum Gasteiger partial charge on any atom is -0.477 e. The molecule has 0 aromatic carbocycles. The number of hydrogen-bond donors (Lipinski definition) is 3. The van der Waals surface area contributed by atoms with Crippen LogP contribution in [-0.4, -0.2) is 48.6 Å². The van der Waals surface area contributed by atoms with Gasteiger partial charge in [0.2, 0.25) is 5.91 Å². The molecule has 4 rings (SSSR count). The van der Waals surface area contributed by atoms with Crippen LogP contribution in [0.5, 0.6) is 0 Å². The van der Waals surface area contributed by atoms with Crippen molar-refractivity contribution in [2.24, 2.45) is 5.73 Å². The number of carbonyl (C=O) groups excluding carboxylic acids is 1. The second-order valence-corrected chi connectivity index (χ2v) is 7.63. The molecule has 1 amide bonds. The van der Waals surface area contributed by atoms with Crippen molar-refractivity contribution >= 4 is 29.2 Å². The Morgan fingerprint density at radius 3 is 2.96 bits per heavy atom. The number of rotatable bonds is 4. The van der Waals surface area contributed by atoms with Crippen molar-refractivity contribution in [1.82, 2.24) is 9.30 Å². The summed E-state index contributed by atoms with van der Waals surface area (Å²) < 4.78 is 3.77. The number of carboxylic acids is 1. The molecule has 4 N–H and O–H groups in total. The van der Waals surface area contributed by atoms with E-state index in [-0.39, 0.29) is 17.0 Å². The van der Waals surface area contributed by atoms with Gasteiger partial charge in [-0.1, -0.05) is 0 Å². The lowest BCUT2D eigenvalue weighted by Crippen LogP contribution is -2.68. The van der Waals surface area contributed by atoms with E-state index in [9.17, 15) is 19.8 Å². The first-order valence-corrected chi connectivity index (χ1v) is 9.27. The molecule has 0 aliphatic carbocycles. The smallest absolute Gasteiger partial charge is 0.352 e. The topological polar surface area (TPSA) is 112 Å². The number of thioether (sulfide) groups is 1. The molecule has 4 heterocycles. The summed E-state index contributed by atoms with van der Waals surface area (Å²) in [5.74, 6) is -0.931. The molecule has 2 aromatic rings. The largest absolute Gasteiger partial charge is 0.477 e. The molecule has 0 bridgehead atoms. The molecule has 3 atom stereocenters. The Morgan fingerprint density at radius 1 is 1.50 bits per heavy atom. The van der Waals surface area contributed by atoms with Crippen molar-refractivity contribution in [3.63, 3.8) is 0 Å². The highest BCUT2D eigenvalue weighted by Gasteiger charge is 2.52. The summed E-state index contributed by atoms with van der Waals surface area (Å²) in [6.45, 7) is 2.07. The Bertz CT molecular complexity index is 951. The fraction of sp³-hybridized carbons (Fsp3) is 0.353. The van der Waals surface area contributed by atoms with Gasteiger partial charge in [-0.15, -0.1) is 11.8 Å². The fourth-order valence-electron chi connectivity index (χ4n) is 3.48. The first-order chi connectivity index (χ1) is 12.4. The predicted molar refractivity (Wildman–Crippen MR) is 94.0 cm³/mol. The Hall–Kier alpha value is -2.36. The maximum atomic E-state index is 12.0. The number of amides is 1. The summed E-state index contributed by atoms with van der Waals surface area (Å²) in [5.41, 5.74) is 8.17. The van der Waals surface area contributed by atoms with Gasteiger partial charge >= 0.3 is 5.97 Å². The number of aliphatic carboxylic acids is 1. The average molecular weight is 375 g/mol. The van der Waals surface area contributed by atoms with Crippen molar-refractivity contribution < 1.29 is 24.4 Å². The lowest BCUT2D eigenvalue weighted by atomic mass is 10.0. The number of aromatic nitrogens is 2. The molecule has 2 unspecified atom stereocenters. The molecule has 0 radical (unpaired) electrons. The fourth-order valence-corrected chi connectivity index (χ4v) is 4.77. The summed E-state index contributed by atoms with van der Waals surface area (Å²) in [4.78, 5) is 25.1. The molecule has 0 spiro atoms. The Labute approximate surface area is 153 Å². The quantitative estimate of drug-likeness (QED) is 0.507. The van der Waals surface area contributed by atoms with Gasteiger partial charge in [0.1, 0.15) is 22.6 Å². The summed E-state index contributed by atoms with van der Waals surface area (Å²) >= 11 is 1.49. The third-order valence-corrected chi connectivity index (χ3v) is 6.14. The maximum Gasteiger partial charge on any atom is 0.352 e. The number of hydrogen-bond acceptors (Lipinski definition) is 5. The minimum absolute atomic E-state index is 0.0490. The summed E-state index contributed by atoms with van der Waals surface area (Å²) in [7, 11) is 0. The molecule has 1 saturated heterocycles. The van der Waals surface area contributed by atoms with Crippen LogP contribution in [0, 0.1) is 0 Å². The SMILES string of the molecule is CC(O)c1ccc2c[n+](CC3=C(C(=O)O)N4C(=O)C(N)[C@@H]4SC3)ccn12. The van der Waals surface area contributed by atoms with Gasteiger partial charge in [0, 0.05) is 11.3 Å². The maximum absolute atomic E-state index is 12.0. The van der Waals surface area contributed by atoms with Gasteiger partial charge in [0.15, 0.2) is 18.9 Å². The second-order valence-electron chi connectivity index (χ2n) is 6.52. The predicted octanol–water partition coefficient (Wildman–Crippen LogP) is -0.139. The van der Waals surface area contributed by atoms with E-state index in [0.717, 1.165) is 11.2 Å². The van der Waals surface area contributed by atoms with Crippen LogP contribution in [0.1, 0.15) is 18.7 Å². The number of fused-ring (bicyclic) bond motifs is 2. The molecule has 2 aliphatic rings. The zero-order valence-electron chi connectivity index (χ0n) is 14.1. The van der Waals surface area contributed by atoms with Gasteiger partial charge in [-0.25, -0.2) is 4.79 Å². The highest BCUT2D eigenvalue weighted by atomic mass is 32.2. The highest BCUT2D eigenvalue weighted by molar-refractivity contribution is 8.00. The Kier molecular flexibility index (Phi) is 4.02. The van der Waals surface area contributed by atoms with Crippen molar-refractivity contribution in [1.29, 1.82) is 0 Å². The number of aliphatic hydroxyl groups is 1. The summed E-state index contributed by atoms with van der Waals surface area (Å²) in [6.07, 6.45) is 4.97. The molecule has 8 nitrogen and oxygen atoms in total. The van der Waals surface area contributed by atoms with Gasteiger partial charge < -0.3 is 20.3 Å².